The van der Waals surface area contributed by atoms with Crippen LogP contribution in [0.5, 0.6) is 0 Å². The van der Waals surface area contributed by atoms with E-state index in [1.807, 2.05) is 30.3 Å². The molecule has 3 aromatic rings. The number of anilines is 3. The first kappa shape index (κ1) is 16.7. The number of nitrogens with zero attached hydrogens (tertiary/aromatic N) is 1. The number of thiocarbonyl (C=S) groups is 1. The van der Waals surface area contributed by atoms with Gasteiger partial charge in [0.25, 0.3) is 0 Å². The number of carbonyl (C=O) groups excluding carboxylic acids is 1. The molecule has 0 atom stereocenters. The number of fused-ring (bicyclic) bond motifs is 1. The zero-order valence-corrected chi connectivity index (χ0v) is 14.3. The number of ether oxygens (including phenoxy) is 1. The van der Waals surface area contributed by atoms with E-state index in [9.17, 15) is 4.79 Å². The van der Waals surface area contributed by atoms with Gasteiger partial charge in [0.1, 0.15) is 5.82 Å². The lowest BCUT2D eigenvalue weighted by molar-refractivity contribution is 0.0602. The minimum Gasteiger partial charge on any atom is -0.465 e. The van der Waals surface area contributed by atoms with Crippen LogP contribution in [0.2, 0.25) is 0 Å². The van der Waals surface area contributed by atoms with E-state index in [0.717, 1.165) is 10.8 Å². The number of esters is 1. The van der Waals surface area contributed by atoms with Crippen LogP contribution in [0.3, 0.4) is 0 Å². The van der Waals surface area contributed by atoms with E-state index < -0.39 is 5.97 Å². The molecule has 0 aliphatic carbocycles. The number of pyridine rings is 1. The number of methoxy groups -OCH3 is 1. The molecule has 0 amide bonds. The average molecular weight is 352 g/mol. The lowest BCUT2D eigenvalue weighted by Crippen LogP contribution is -2.21. The molecular weight excluding hydrogens is 336 g/mol. The van der Waals surface area contributed by atoms with Gasteiger partial charge in [-0.25, -0.2) is 9.78 Å². The number of carbonyl (C=O) groups is 1. The maximum atomic E-state index is 11.7. The van der Waals surface area contributed by atoms with Crippen molar-refractivity contribution >= 4 is 51.3 Å². The van der Waals surface area contributed by atoms with E-state index in [1.54, 1.807) is 24.4 Å². The number of hydrogen-bond donors (Lipinski definition) is 3. The van der Waals surface area contributed by atoms with E-state index in [2.05, 4.69) is 15.6 Å². The molecule has 6 nitrogen and oxygen atoms in total. The highest BCUT2D eigenvalue weighted by Crippen LogP contribution is 2.24. The SMILES string of the molecule is COC(=O)c1cccc(NC(=S)Nc2cc3ccccc3cn2)c1N. The second-order valence-electron chi connectivity index (χ2n) is 5.25. The maximum Gasteiger partial charge on any atom is 0.340 e. The maximum absolute atomic E-state index is 11.7. The number of nitrogens with two attached hydrogens (primary N) is 1. The summed E-state index contributed by atoms with van der Waals surface area (Å²) in [5, 5.41) is 8.39. The number of nitrogen functional groups attached to an aromatic ring is 1. The zero-order valence-electron chi connectivity index (χ0n) is 13.4. The van der Waals surface area contributed by atoms with Gasteiger partial charge in [-0.15, -0.1) is 0 Å². The topological polar surface area (TPSA) is 89.3 Å². The summed E-state index contributed by atoms with van der Waals surface area (Å²) < 4.78 is 4.71. The van der Waals surface area contributed by atoms with Crippen molar-refractivity contribution in [1.29, 1.82) is 0 Å². The summed E-state index contributed by atoms with van der Waals surface area (Å²) in [5.74, 6) is 0.107. The van der Waals surface area contributed by atoms with Crippen molar-refractivity contribution in [3.8, 4) is 0 Å². The van der Waals surface area contributed by atoms with Gasteiger partial charge in [-0.05, 0) is 35.8 Å². The standard InChI is InChI=1S/C18H16N4O2S/c1-24-17(23)13-7-4-8-14(16(13)19)21-18(25)22-15-9-11-5-2-3-6-12(11)10-20-15/h2-10H,19H2,1H3,(H2,20,21,22,25). The van der Waals surface area contributed by atoms with Crippen molar-refractivity contribution in [2.75, 3.05) is 23.5 Å². The van der Waals surface area contributed by atoms with Crippen LogP contribution < -0.4 is 16.4 Å². The molecule has 0 saturated heterocycles. The first-order chi connectivity index (χ1) is 12.1. The zero-order chi connectivity index (χ0) is 17.8. The average Bonchev–Trinajstić information content (AvgIpc) is 2.62. The van der Waals surface area contributed by atoms with Gasteiger partial charge < -0.3 is 21.1 Å². The summed E-state index contributed by atoms with van der Waals surface area (Å²) in [5.41, 5.74) is 7.07. The molecule has 3 rings (SSSR count). The molecule has 0 aliphatic rings. The lowest BCUT2D eigenvalue weighted by Gasteiger charge is -2.14. The van der Waals surface area contributed by atoms with Crippen LogP contribution in [-0.4, -0.2) is 23.2 Å². The summed E-state index contributed by atoms with van der Waals surface area (Å²) in [7, 11) is 1.31. The third-order valence-corrected chi connectivity index (χ3v) is 3.84. The number of para-hydroxylation sites is 1. The molecule has 126 valence electrons. The molecule has 0 saturated carbocycles. The minimum absolute atomic E-state index is 0.268. The first-order valence-corrected chi connectivity index (χ1v) is 7.89. The summed E-state index contributed by atoms with van der Waals surface area (Å²) >= 11 is 5.30. The number of rotatable bonds is 3. The predicted molar refractivity (Wildman–Crippen MR) is 104 cm³/mol. The lowest BCUT2D eigenvalue weighted by atomic mass is 10.1. The van der Waals surface area contributed by atoms with Crippen LogP contribution in [0.4, 0.5) is 17.2 Å². The summed E-state index contributed by atoms with van der Waals surface area (Å²) in [4.78, 5) is 16.0. The van der Waals surface area contributed by atoms with Gasteiger partial charge in [-0.2, -0.15) is 0 Å². The third-order valence-electron chi connectivity index (χ3n) is 3.63. The third kappa shape index (κ3) is 3.67. The van der Waals surface area contributed by atoms with Gasteiger partial charge in [0, 0.05) is 11.6 Å². The van der Waals surface area contributed by atoms with Gasteiger partial charge in [0.05, 0.1) is 24.0 Å². The fraction of sp³-hybridized carbons (Fsp3) is 0.0556. The van der Waals surface area contributed by atoms with Crippen LogP contribution >= 0.6 is 12.2 Å². The monoisotopic (exact) mass is 352 g/mol. The van der Waals surface area contributed by atoms with Crippen molar-refractivity contribution in [1.82, 2.24) is 4.98 Å². The molecule has 0 aliphatic heterocycles. The molecule has 7 heteroatoms. The van der Waals surface area contributed by atoms with Crippen molar-refractivity contribution in [2.24, 2.45) is 0 Å². The van der Waals surface area contributed by atoms with Crippen molar-refractivity contribution in [3.63, 3.8) is 0 Å². The molecule has 0 bridgehead atoms. The number of benzene rings is 2. The van der Waals surface area contributed by atoms with Crippen LogP contribution in [0.25, 0.3) is 10.8 Å². The van der Waals surface area contributed by atoms with Gasteiger partial charge in [0.2, 0.25) is 0 Å². The number of hydrogen-bond acceptors (Lipinski definition) is 5. The van der Waals surface area contributed by atoms with Crippen LogP contribution in [0.15, 0.2) is 54.7 Å². The fourth-order valence-electron chi connectivity index (χ4n) is 2.38. The van der Waals surface area contributed by atoms with Gasteiger partial charge in [-0.3, -0.25) is 0 Å². The fourth-order valence-corrected chi connectivity index (χ4v) is 2.60. The number of aromatic nitrogens is 1. The molecule has 1 heterocycles. The van der Waals surface area contributed by atoms with Crippen molar-refractivity contribution in [2.45, 2.75) is 0 Å². The summed E-state index contributed by atoms with van der Waals surface area (Å²) in [6.45, 7) is 0. The van der Waals surface area contributed by atoms with E-state index in [1.165, 1.54) is 7.11 Å². The molecule has 1 aromatic heterocycles. The highest BCUT2D eigenvalue weighted by Gasteiger charge is 2.13. The molecule has 0 spiro atoms. The van der Waals surface area contributed by atoms with E-state index >= 15 is 0 Å². The molecule has 2 aromatic carbocycles. The van der Waals surface area contributed by atoms with Crippen LogP contribution in [0.1, 0.15) is 10.4 Å². The summed E-state index contributed by atoms with van der Waals surface area (Å²) in [6.07, 6.45) is 1.77. The Kier molecular flexibility index (Phi) is 4.76. The highest BCUT2D eigenvalue weighted by atomic mass is 32.1. The van der Waals surface area contributed by atoms with Crippen LogP contribution in [0, 0.1) is 0 Å². The largest absolute Gasteiger partial charge is 0.465 e. The second-order valence-corrected chi connectivity index (χ2v) is 5.66. The normalized spacial score (nSPS) is 10.3. The number of nitrogens with one attached hydrogen (secondary N) is 2. The second kappa shape index (κ2) is 7.14. The van der Waals surface area contributed by atoms with Crippen molar-refractivity contribution < 1.29 is 9.53 Å². The van der Waals surface area contributed by atoms with Gasteiger partial charge in [-0.1, -0.05) is 30.3 Å². The Morgan fingerprint density at radius 2 is 1.88 bits per heavy atom. The van der Waals surface area contributed by atoms with Gasteiger partial charge in [0.15, 0.2) is 5.11 Å². The van der Waals surface area contributed by atoms with Crippen molar-refractivity contribution in [3.05, 3.63) is 60.3 Å². The molecule has 0 fully saturated rings. The molecule has 0 unspecified atom stereocenters. The Hall–Kier alpha value is -3.19. The van der Waals surface area contributed by atoms with E-state index in [-0.39, 0.29) is 11.3 Å². The van der Waals surface area contributed by atoms with Crippen LogP contribution in [-0.2, 0) is 4.74 Å². The Bertz CT molecular complexity index is 959. The van der Waals surface area contributed by atoms with E-state index in [4.69, 9.17) is 22.7 Å². The minimum atomic E-state index is -0.503. The highest BCUT2D eigenvalue weighted by molar-refractivity contribution is 7.80. The predicted octanol–water partition coefficient (Wildman–Crippen LogP) is 3.41. The quantitative estimate of drug-likeness (QED) is 0.378. The molecular formula is C18H16N4O2S. The Morgan fingerprint density at radius 1 is 1.12 bits per heavy atom. The van der Waals surface area contributed by atoms with Gasteiger partial charge >= 0.3 is 5.97 Å². The first-order valence-electron chi connectivity index (χ1n) is 7.48. The Morgan fingerprint density at radius 3 is 2.64 bits per heavy atom. The Balaban J connectivity index is 1.77. The smallest absolute Gasteiger partial charge is 0.340 e. The Labute approximate surface area is 150 Å². The molecule has 25 heavy (non-hydrogen) atoms. The van der Waals surface area contributed by atoms with E-state index in [0.29, 0.717) is 16.6 Å². The molecule has 0 radical (unpaired) electrons. The molecule has 4 N–H and O–H groups in total. The summed E-state index contributed by atoms with van der Waals surface area (Å²) in [6, 6.07) is 14.8.